The van der Waals surface area contributed by atoms with Gasteiger partial charge in [-0.25, -0.2) is 4.98 Å². The molecule has 4 rings (SSSR count). The molecule has 6 heteroatoms. The molecular formula is C22H21N5O. The van der Waals surface area contributed by atoms with Crippen molar-refractivity contribution in [3.05, 3.63) is 77.0 Å². The van der Waals surface area contributed by atoms with Crippen molar-refractivity contribution < 1.29 is 5.21 Å². The SMILES string of the molecule is Cc1ccc2c(c1)nc(N)c1ncc(CCc3ccc(C(N)=NO)cc3)cc12. The van der Waals surface area contributed by atoms with Crippen molar-refractivity contribution >= 4 is 33.5 Å². The van der Waals surface area contributed by atoms with Gasteiger partial charge in [-0.1, -0.05) is 41.6 Å². The van der Waals surface area contributed by atoms with Gasteiger partial charge in [-0.05, 0) is 48.6 Å². The molecule has 0 spiro atoms. The van der Waals surface area contributed by atoms with E-state index < -0.39 is 0 Å². The van der Waals surface area contributed by atoms with Crippen molar-refractivity contribution in [2.24, 2.45) is 10.9 Å². The zero-order valence-electron chi connectivity index (χ0n) is 15.6. The smallest absolute Gasteiger partial charge is 0.170 e. The van der Waals surface area contributed by atoms with E-state index in [0.29, 0.717) is 11.4 Å². The van der Waals surface area contributed by atoms with Crippen LogP contribution in [0.1, 0.15) is 22.3 Å². The second kappa shape index (κ2) is 7.15. The molecule has 0 aliphatic rings. The summed E-state index contributed by atoms with van der Waals surface area (Å²) >= 11 is 0. The van der Waals surface area contributed by atoms with Crippen molar-refractivity contribution in [1.29, 1.82) is 0 Å². The number of aromatic nitrogens is 2. The first-order valence-corrected chi connectivity index (χ1v) is 9.06. The third kappa shape index (κ3) is 3.32. The van der Waals surface area contributed by atoms with Crippen LogP contribution in [0.4, 0.5) is 5.82 Å². The van der Waals surface area contributed by atoms with Crippen LogP contribution in [0.15, 0.2) is 59.9 Å². The Morgan fingerprint density at radius 2 is 1.75 bits per heavy atom. The molecule has 0 saturated carbocycles. The molecule has 0 bridgehead atoms. The van der Waals surface area contributed by atoms with Crippen LogP contribution in [0.25, 0.3) is 21.8 Å². The van der Waals surface area contributed by atoms with Crippen LogP contribution in [0.2, 0.25) is 0 Å². The van der Waals surface area contributed by atoms with Crippen molar-refractivity contribution in [1.82, 2.24) is 9.97 Å². The summed E-state index contributed by atoms with van der Waals surface area (Å²) in [6.07, 6.45) is 3.58. The number of rotatable bonds is 4. The number of pyridine rings is 2. The number of anilines is 1. The first kappa shape index (κ1) is 17.7. The van der Waals surface area contributed by atoms with Crippen LogP contribution >= 0.6 is 0 Å². The summed E-state index contributed by atoms with van der Waals surface area (Å²) < 4.78 is 0. The van der Waals surface area contributed by atoms with E-state index in [1.54, 1.807) is 0 Å². The van der Waals surface area contributed by atoms with Crippen molar-refractivity contribution in [2.75, 3.05) is 5.73 Å². The summed E-state index contributed by atoms with van der Waals surface area (Å²) in [5.41, 5.74) is 17.5. The summed E-state index contributed by atoms with van der Waals surface area (Å²) in [5, 5.41) is 13.9. The molecule has 0 fully saturated rings. The average molecular weight is 371 g/mol. The summed E-state index contributed by atoms with van der Waals surface area (Å²) in [6, 6.07) is 16.0. The highest BCUT2D eigenvalue weighted by molar-refractivity contribution is 6.08. The maximum atomic E-state index is 8.75. The van der Waals surface area contributed by atoms with Crippen LogP contribution in [0.5, 0.6) is 0 Å². The predicted molar refractivity (Wildman–Crippen MR) is 113 cm³/mol. The third-order valence-corrected chi connectivity index (χ3v) is 4.93. The molecular weight excluding hydrogens is 350 g/mol. The van der Waals surface area contributed by atoms with Crippen LogP contribution in [0.3, 0.4) is 0 Å². The Morgan fingerprint density at radius 3 is 2.50 bits per heavy atom. The van der Waals surface area contributed by atoms with Gasteiger partial charge in [0.15, 0.2) is 11.7 Å². The van der Waals surface area contributed by atoms with Crippen LogP contribution < -0.4 is 11.5 Å². The third-order valence-electron chi connectivity index (χ3n) is 4.93. The first-order valence-electron chi connectivity index (χ1n) is 9.06. The van der Waals surface area contributed by atoms with E-state index in [-0.39, 0.29) is 5.84 Å². The number of fused-ring (bicyclic) bond motifs is 3. The molecule has 6 nitrogen and oxygen atoms in total. The molecule has 140 valence electrons. The van der Waals surface area contributed by atoms with Crippen LogP contribution in [0, 0.1) is 6.92 Å². The summed E-state index contributed by atoms with van der Waals surface area (Å²) in [6.45, 7) is 2.04. The maximum absolute atomic E-state index is 8.75. The quantitative estimate of drug-likeness (QED) is 0.167. The fourth-order valence-electron chi connectivity index (χ4n) is 3.39. The molecule has 0 atom stereocenters. The zero-order chi connectivity index (χ0) is 19.7. The number of amidine groups is 1. The molecule has 4 aromatic rings. The average Bonchev–Trinajstić information content (AvgIpc) is 2.71. The standard InChI is InChI=1S/C22H21N5O/c1-13-2-9-17-18-11-15(12-25-20(18)22(24)26-19(17)10-13)4-3-14-5-7-16(8-6-14)21(23)27-28/h2,5-12,28H,3-4H2,1H3,(H2,23,27)(H2,24,26). The molecule has 2 aromatic heterocycles. The molecule has 0 amide bonds. The highest BCUT2D eigenvalue weighted by atomic mass is 16.4. The van der Waals surface area contributed by atoms with E-state index in [4.69, 9.17) is 16.7 Å². The number of benzene rings is 2. The molecule has 2 heterocycles. The second-order valence-corrected chi connectivity index (χ2v) is 6.94. The molecule has 0 aliphatic carbocycles. The predicted octanol–water partition coefficient (Wildman–Crippen LogP) is 3.55. The number of hydrogen-bond acceptors (Lipinski definition) is 5. The first-order chi connectivity index (χ1) is 13.5. The highest BCUT2D eigenvalue weighted by Crippen LogP contribution is 2.28. The Balaban J connectivity index is 1.63. The Kier molecular flexibility index (Phi) is 4.53. The summed E-state index contributed by atoms with van der Waals surface area (Å²) in [7, 11) is 0. The summed E-state index contributed by atoms with van der Waals surface area (Å²) in [5.74, 6) is 0.567. The molecule has 0 unspecified atom stereocenters. The van der Waals surface area contributed by atoms with E-state index in [2.05, 4.69) is 33.3 Å². The fourth-order valence-corrected chi connectivity index (χ4v) is 3.39. The minimum atomic E-state index is 0.110. The van der Waals surface area contributed by atoms with Crippen LogP contribution in [-0.4, -0.2) is 21.0 Å². The van der Waals surface area contributed by atoms with Gasteiger partial charge >= 0.3 is 0 Å². The zero-order valence-corrected chi connectivity index (χ0v) is 15.6. The van der Waals surface area contributed by atoms with E-state index in [9.17, 15) is 0 Å². The Bertz CT molecular complexity index is 1200. The van der Waals surface area contributed by atoms with Gasteiger partial charge < -0.3 is 16.7 Å². The second-order valence-electron chi connectivity index (χ2n) is 6.94. The number of nitrogens with zero attached hydrogens (tertiary/aromatic N) is 3. The van der Waals surface area contributed by atoms with Gasteiger partial charge in [0.2, 0.25) is 0 Å². The minimum absolute atomic E-state index is 0.110. The van der Waals surface area contributed by atoms with Gasteiger partial charge in [0.1, 0.15) is 5.52 Å². The van der Waals surface area contributed by atoms with Crippen LogP contribution in [-0.2, 0) is 12.8 Å². The topological polar surface area (TPSA) is 110 Å². The molecule has 28 heavy (non-hydrogen) atoms. The monoisotopic (exact) mass is 371 g/mol. The number of nitrogens with two attached hydrogens (primary N) is 2. The Labute approximate surface area is 162 Å². The van der Waals surface area contributed by atoms with Crippen molar-refractivity contribution in [2.45, 2.75) is 19.8 Å². The van der Waals surface area contributed by atoms with Crippen molar-refractivity contribution in [3.63, 3.8) is 0 Å². The Morgan fingerprint density at radius 1 is 1.00 bits per heavy atom. The number of oxime groups is 1. The minimum Gasteiger partial charge on any atom is -0.409 e. The lowest BCUT2D eigenvalue weighted by atomic mass is 10.0. The maximum Gasteiger partial charge on any atom is 0.170 e. The molecule has 2 aromatic carbocycles. The van der Waals surface area contributed by atoms with Gasteiger partial charge in [0.25, 0.3) is 0 Å². The van der Waals surface area contributed by atoms with Crippen molar-refractivity contribution in [3.8, 4) is 0 Å². The summed E-state index contributed by atoms with van der Waals surface area (Å²) in [4.78, 5) is 9.06. The molecule has 0 saturated heterocycles. The van der Waals surface area contributed by atoms with Gasteiger partial charge in [-0.3, -0.25) is 4.98 Å². The fraction of sp³-hybridized carbons (Fsp3) is 0.136. The molecule has 0 aliphatic heterocycles. The number of nitrogen functional groups attached to an aromatic ring is 1. The van der Waals surface area contributed by atoms with E-state index in [1.165, 1.54) is 5.56 Å². The normalized spacial score (nSPS) is 12.0. The lowest BCUT2D eigenvalue weighted by Gasteiger charge is -2.09. The Hall–Kier alpha value is -3.67. The largest absolute Gasteiger partial charge is 0.409 e. The molecule has 0 radical (unpaired) electrons. The van der Waals surface area contributed by atoms with E-state index in [1.807, 2.05) is 43.5 Å². The highest BCUT2D eigenvalue weighted by Gasteiger charge is 2.09. The number of hydrogen-bond donors (Lipinski definition) is 3. The van der Waals surface area contributed by atoms with Gasteiger partial charge in [-0.15, -0.1) is 0 Å². The van der Waals surface area contributed by atoms with E-state index >= 15 is 0 Å². The van der Waals surface area contributed by atoms with Gasteiger partial charge in [0.05, 0.1) is 5.52 Å². The lowest BCUT2D eigenvalue weighted by Crippen LogP contribution is -2.12. The van der Waals surface area contributed by atoms with Gasteiger partial charge in [-0.2, -0.15) is 0 Å². The molecule has 5 N–H and O–H groups in total. The number of aryl methyl sites for hydroxylation is 3. The van der Waals surface area contributed by atoms with Gasteiger partial charge in [0, 0.05) is 22.5 Å². The lowest BCUT2D eigenvalue weighted by molar-refractivity contribution is 0.318. The van der Waals surface area contributed by atoms with E-state index in [0.717, 1.165) is 45.8 Å².